The van der Waals surface area contributed by atoms with E-state index < -0.39 is 25.2 Å². The Labute approximate surface area is 259 Å². The van der Waals surface area contributed by atoms with Gasteiger partial charge in [-0.05, 0) is 0 Å². The molecular weight excluding hydrogens is 662 g/mol. The van der Waals surface area contributed by atoms with E-state index in [0.29, 0.717) is 39.2 Å². The number of nitrogens with zero attached hydrogens (tertiary/aromatic N) is 6. The van der Waals surface area contributed by atoms with Gasteiger partial charge in [0.25, 0.3) is 0 Å². The molecule has 0 amide bonds. The number of methoxy groups -OCH3 is 2. The Morgan fingerprint density at radius 1 is 1.14 bits per heavy atom. The molecule has 3 heterocycles. The Kier molecular flexibility index (Phi) is 10.5. The third kappa shape index (κ3) is 6.41. The fraction of sp³-hybridized carbons (Fsp3) is 0.367. The minimum atomic E-state index is -2.61. The molecule has 3 aromatic rings. The molecule has 0 saturated heterocycles. The molecule has 1 aliphatic rings. The molecule has 0 spiro atoms. The van der Waals surface area contributed by atoms with Crippen LogP contribution in [0.25, 0.3) is 11.3 Å². The third-order valence-electron chi connectivity index (χ3n) is 6.97. The topological polar surface area (TPSA) is 128 Å². The van der Waals surface area contributed by atoms with Crippen LogP contribution in [-0.2, 0) is 4.79 Å². The summed E-state index contributed by atoms with van der Waals surface area (Å²) in [5, 5.41) is 4.33. The number of benzene rings is 1. The minimum absolute atomic E-state index is 0.0146. The molecule has 11 nitrogen and oxygen atoms in total. The van der Waals surface area contributed by atoms with Gasteiger partial charge in [0.2, 0.25) is 0 Å². The number of aliphatic imine (C=N–C) groups is 1. The van der Waals surface area contributed by atoms with E-state index in [1.165, 1.54) is 14.2 Å². The molecule has 0 saturated carbocycles. The average molecular weight is 696 g/mol. The number of ether oxygens (including phenoxy) is 2. The molecule has 13 heteroatoms. The summed E-state index contributed by atoms with van der Waals surface area (Å²) in [5.41, 5.74) is 6.85. The number of carbonyl (C=O) groups excluding carboxylic acids is 2. The van der Waals surface area contributed by atoms with Crippen LogP contribution in [0.5, 0.6) is 11.5 Å². The summed E-state index contributed by atoms with van der Waals surface area (Å²) < 4.78 is 12.0. The number of rotatable bonds is 13. The molecule has 0 N–H and O–H groups in total. The van der Waals surface area contributed by atoms with E-state index in [4.69, 9.17) is 30.1 Å². The Morgan fingerprint density at radius 2 is 1.91 bits per heavy atom. The number of aromatic nitrogens is 3. The first-order valence-electron chi connectivity index (χ1n) is 13.9. The van der Waals surface area contributed by atoms with E-state index in [9.17, 15) is 14.4 Å². The van der Waals surface area contributed by atoms with Crippen molar-refractivity contribution in [2.24, 2.45) is 10.1 Å². The third-order valence-corrected chi connectivity index (χ3v) is 10.4. The van der Waals surface area contributed by atoms with E-state index in [1.54, 1.807) is 18.2 Å². The van der Waals surface area contributed by atoms with Crippen LogP contribution in [0.15, 0.2) is 45.2 Å². The zero-order valence-corrected chi connectivity index (χ0v) is 27.3. The van der Waals surface area contributed by atoms with Gasteiger partial charge in [-0.2, -0.15) is 0 Å². The predicted octanol–water partition coefficient (Wildman–Crippen LogP) is 4.54. The van der Waals surface area contributed by atoms with Crippen molar-refractivity contribution in [1.82, 2.24) is 14.6 Å². The van der Waals surface area contributed by atoms with Gasteiger partial charge in [0, 0.05) is 0 Å². The second kappa shape index (κ2) is 14.1. The van der Waals surface area contributed by atoms with E-state index >= 15 is 0 Å². The molecule has 0 aliphatic carbocycles. The van der Waals surface area contributed by atoms with Gasteiger partial charge in [-0.25, -0.2) is 0 Å². The van der Waals surface area contributed by atoms with Gasteiger partial charge >= 0.3 is 253 Å². The van der Waals surface area contributed by atoms with Crippen molar-refractivity contribution in [3.05, 3.63) is 57.8 Å². The summed E-state index contributed by atoms with van der Waals surface area (Å²) in [7, 11) is 2.97. The standard InChI is InChI=1S/C30H34BIN6O5/c1-7-10-15-37(9-3)24-14-12-22(18(4)33-24)34-27-26(28(40)32(31)8-2)36-38-29(27)35-25(21(17-39)30(38)41)20-16-19(42-5)11-13-23(20)43-6/h11-14,16-17H,7-10,15H2,1-6H3. The number of pyridine rings is 1. The van der Waals surface area contributed by atoms with Crippen LogP contribution in [0.2, 0.25) is 0 Å². The van der Waals surface area contributed by atoms with Crippen molar-refractivity contribution in [3.63, 3.8) is 0 Å². The fourth-order valence-electron chi connectivity index (χ4n) is 4.55. The SMILES string of the molecule is [B]I(CC)C(=O)C1=Nn2c(nc(-c3cc(OC)ccc3OC)c(C=O)c2=O)C1=Nc1ccc(N(CC)CCCC)nc1C. The zero-order chi connectivity index (χ0) is 31.3. The number of fused-ring (bicyclic) bond motifs is 1. The van der Waals surface area contributed by atoms with Gasteiger partial charge in [0.1, 0.15) is 0 Å². The van der Waals surface area contributed by atoms with E-state index in [1.807, 2.05) is 26.0 Å². The maximum absolute atomic E-state index is 13.7. The summed E-state index contributed by atoms with van der Waals surface area (Å²) in [6.07, 6.45) is 2.53. The second-order valence-corrected chi connectivity index (χ2v) is 14.3. The van der Waals surface area contributed by atoms with Crippen LogP contribution < -0.4 is 19.9 Å². The molecule has 2 radical (unpaired) electrons. The van der Waals surface area contributed by atoms with Crippen molar-refractivity contribution < 1.29 is 19.1 Å². The second-order valence-electron chi connectivity index (χ2n) is 9.55. The van der Waals surface area contributed by atoms with Crippen molar-refractivity contribution >= 4 is 58.3 Å². The van der Waals surface area contributed by atoms with Crippen molar-refractivity contribution in [2.45, 2.75) is 40.5 Å². The Hall–Kier alpha value is -3.88. The Bertz CT molecular complexity index is 1670. The zero-order valence-electron chi connectivity index (χ0n) is 25.2. The number of unbranched alkanes of at least 4 members (excludes halogenated alkanes) is 1. The first kappa shape index (κ1) is 32.0. The number of hydrogen-bond acceptors (Lipinski definition) is 10. The predicted molar refractivity (Wildman–Crippen MR) is 179 cm³/mol. The molecule has 0 fully saturated rings. The number of hydrogen-bond donors (Lipinski definition) is 0. The normalized spacial score (nSPS) is 13.4. The number of halogens is 1. The molecule has 0 bridgehead atoms. The summed E-state index contributed by atoms with van der Waals surface area (Å²) in [4.78, 5) is 55.9. The number of carbonyl (C=O) groups is 2. The van der Waals surface area contributed by atoms with Gasteiger partial charge < -0.3 is 0 Å². The van der Waals surface area contributed by atoms with Crippen LogP contribution in [-0.4, -0.2) is 73.6 Å². The number of aldehydes is 1. The monoisotopic (exact) mass is 696 g/mol. The van der Waals surface area contributed by atoms with Crippen LogP contribution >= 0.6 is 19.6 Å². The summed E-state index contributed by atoms with van der Waals surface area (Å²) in [6, 6.07) is 8.67. The van der Waals surface area contributed by atoms with E-state index in [-0.39, 0.29) is 32.3 Å². The van der Waals surface area contributed by atoms with Crippen molar-refractivity contribution in [3.8, 4) is 22.8 Å². The van der Waals surface area contributed by atoms with Crippen molar-refractivity contribution in [2.75, 3.05) is 36.6 Å². The summed E-state index contributed by atoms with van der Waals surface area (Å²) in [6.45, 7) is 9.59. The molecular formula is C30H34BIN6O5. The van der Waals surface area contributed by atoms with Crippen LogP contribution in [0, 0.1) is 6.92 Å². The summed E-state index contributed by atoms with van der Waals surface area (Å²) >= 11 is -2.61. The molecule has 43 heavy (non-hydrogen) atoms. The van der Waals surface area contributed by atoms with Gasteiger partial charge in [0.15, 0.2) is 0 Å². The Balaban J connectivity index is 1.95. The van der Waals surface area contributed by atoms with Crippen LogP contribution in [0.4, 0.5) is 11.5 Å². The molecule has 1 aromatic carbocycles. The molecule has 1 aliphatic heterocycles. The number of aryl methyl sites for hydroxylation is 1. The molecule has 4 rings (SSSR count). The summed E-state index contributed by atoms with van der Waals surface area (Å²) in [5.74, 6) is 1.68. The molecule has 0 unspecified atom stereocenters. The molecule has 2 aromatic heterocycles. The average Bonchev–Trinajstić information content (AvgIpc) is 3.39. The van der Waals surface area contributed by atoms with Gasteiger partial charge in [-0.3, -0.25) is 0 Å². The van der Waals surface area contributed by atoms with E-state index in [0.717, 1.165) is 36.4 Å². The van der Waals surface area contributed by atoms with Crippen LogP contribution in [0.3, 0.4) is 0 Å². The number of alkyl halides is 1. The van der Waals surface area contributed by atoms with Gasteiger partial charge in [-0.1, -0.05) is 6.92 Å². The quantitative estimate of drug-likeness (QED) is 0.0838. The van der Waals surface area contributed by atoms with E-state index in [2.05, 4.69) is 23.8 Å². The maximum atomic E-state index is 13.7. The first-order valence-corrected chi connectivity index (χ1v) is 17.8. The Morgan fingerprint density at radius 3 is 2.51 bits per heavy atom. The van der Waals surface area contributed by atoms with Crippen LogP contribution in [0.1, 0.15) is 55.5 Å². The van der Waals surface area contributed by atoms with Crippen molar-refractivity contribution in [1.29, 1.82) is 0 Å². The molecule has 224 valence electrons. The van der Waals surface area contributed by atoms with Gasteiger partial charge in [-0.15, -0.1) is 0 Å². The number of anilines is 1. The van der Waals surface area contributed by atoms with Gasteiger partial charge in [0.05, 0.1) is 0 Å². The fourth-order valence-corrected chi connectivity index (χ4v) is 6.26. The first-order chi connectivity index (χ1) is 20.7. The molecule has 0 atom stereocenters.